The molecule has 0 saturated heterocycles. The van der Waals surface area contributed by atoms with Crippen molar-refractivity contribution in [2.75, 3.05) is 0 Å². The first kappa shape index (κ1) is 14.7. The average Bonchev–Trinajstić information content (AvgIpc) is 2.22. The summed E-state index contributed by atoms with van der Waals surface area (Å²) in [5, 5.41) is 0. The maximum Gasteiger partial charge on any atom is 0.573 e. The number of rotatable bonds is 4. The molecule has 0 aliphatic heterocycles. The Bertz CT molecular complexity index is 390. The van der Waals surface area contributed by atoms with E-state index in [2.05, 4.69) is 4.74 Å². The van der Waals surface area contributed by atoms with Crippen molar-refractivity contribution in [1.82, 2.24) is 0 Å². The third-order valence-electron chi connectivity index (χ3n) is 2.53. The van der Waals surface area contributed by atoms with Gasteiger partial charge in [0.05, 0.1) is 0 Å². The van der Waals surface area contributed by atoms with Gasteiger partial charge in [-0.25, -0.2) is 8.78 Å². The van der Waals surface area contributed by atoms with Crippen LogP contribution in [0.5, 0.6) is 5.75 Å². The van der Waals surface area contributed by atoms with Crippen LogP contribution < -0.4 is 4.74 Å². The Balaban J connectivity index is 3.05. The lowest BCUT2D eigenvalue weighted by molar-refractivity contribution is -0.276. The number of ether oxygens (including phenoxy) is 1. The van der Waals surface area contributed by atoms with Crippen molar-refractivity contribution < 1.29 is 26.7 Å². The van der Waals surface area contributed by atoms with Gasteiger partial charge in [-0.05, 0) is 30.0 Å². The minimum absolute atomic E-state index is 0.126. The van der Waals surface area contributed by atoms with Crippen molar-refractivity contribution >= 4 is 0 Å². The van der Waals surface area contributed by atoms with Crippen LogP contribution in [0.3, 0.4) is 0 Å². The Kier molecular flexibility index (Phi) is 4.53. The molecule has 0 fully saturated rings. The maximum absolute atomic E-state index is 13.4. The van der Waals surface area contributed by atoms with Gasteiger partial charge >= 0.3 is 6.36 Å². The highest BCUT2D eigenvalue weighted by Crippen LogP contribution is 2.32. The van der Waals surface area contributed by atoms with Crippen LogP contribution in [0.2, 0.25) is 0 Å². The molecule has 1 unspecified atom stereocenters. The van der Waals surface area contributed by atoms with E-state index in [0.29, 0.717) is 12.0 Å². The van der Waals surface area contributed by atoms with Crippen LogP contribution in [0.1, 0.15) is 38.2 Å². The number of benzene rings is 1. The summed E-state index contributed by atoms with van der Waals surface area (Å²) in [5.74, 6) is -4.22. The molecule has 0 aliphatic carbocycles. The van der Waals surface area contributed by atoms with E-state index >= 15 is 0 Å². The van der Waals surface area contributed by atoms with Crippen LogP contribution in [0.4, 0.5) is 22.0 Å². The Morgan fingerprint density at radius 2 is 1.67 bits per heavy atom. The SMILES string of the molecule is CCCC(C)c1cc(F)c(OC(F)(F)F)c(F)c1. The van der Waals surface area contributed by atoms with Gasteiger partial charge in [0, 0.05) is 0 Å². The van der Waals surface area contributed by atoms with Gasteiger partial charge in [-0.3, -0.25) is 0 Å². The lowest BCUT2D eigenvalue weighted by Crippen LogP contribution is -2.19. The van der Waals surface area contributed by atoms with E-state index in [1.54, 1.807) is 6.92 Å². The van der Waals surface area contributed by atoms with Gasteiger partial charge in [-0.15, -0.1) is 13.2 Å². The predicted octanol–water partition coefficient (Wildman–Crippen LogP) is 4.77. The molecule has 102 valence electrons. The van der Waals surface area contributed by atoms with Gasteiger partial charge in [0.2, 0.25) is 5.75 Å². The summed E-state index contributed by atoms with van der Waals surface area (Å²) in [6, 6.07) is 1.76. The summed E-state index contributed by atoms with van der Waals surface area (Å²) >= 11 is 0. The summed E-state index contributed by atoms with van der Waals surface area (Å²) in [6.45, 7) is 3.66. The van der Waals surface area contributed by atoms with Crippen LogP contribution in [0, 0.1) is 11.6 Å². The van der Waals surface area contributed by atoms with E-state index in [-0.39, 0.29) is 5.92 Å². The molecule has 1 aromatic rings. The zero-order chi connectivity index (χ0) is 13.9. The van der Waals surface area contributed by atoms with E-state index in [1.807, 2.05) is 6.92 Å². The Morgan fingerprint density at radius 1 is 1.17 bits per heavy atom. The van der Waals surface area contributed by atoms with Crippen LogP contribution in [0.15, 0.2) is 12.1 Å². The first-order chi connectivity index (χ1) is 8.24. The molecule has 1 atom stereocenters. The van der Waals surface area contributed by atoms with Crippen LogP contribution in [-0.4, -0.2) is 6.36 Å². The van der Waals surface area contributed by atoms with Crippen molar-refractivity contribution in [3.63, 3.8) is 0 Å². The van der Waals surface area contributed by atoms with Gasteiger partial charge < -0.3 is 4.74 Å². The van der Waals surface area contributed by atoms with Crippen molar-refractivity contribution in [2.45, 2.75) is 39.0 Å². The number of hydrogen-bond acceptors (Lipinski definition) is 1. The quantitative estimate of drug-likeness (QED) is 0.715. The molecule has 0 heterocycles. The zero-order valence-corrected chi connectivity index (χ0v) is 9.94. The highest BCUT2D eigenvalue weighted by Gasteiger charge is 2.34. The maximum atomic E-state index is 13.4. The van der Waals surface area contributed by atoms with Crippen molar-refractivity contribution in [3.8, 4) is 5.75 Å². The van der Waals surface area contributed by atoms with Gasteiger partial charge in [-0.2, -0.15) is 0 Å². The molecule has 0 radical (unpaired) electrons. The topological polar surface area (TPSA) is 9.23 Å². The zero-order valence-electron chi connectivity index (χ0n) is 9.94. The Hall–Kier alpha value is -1.33. The monoisotopic (exact) mass is 268 g/mol. The van der Waals surface area contributed by atoms with Crippen LogP contribution in [-0.2, 0) is 0 Å². The Morgan fingerprint density at radius 3 is 2.06 bits per heavy atom. The molecule has 0 saturated carbocycles. The molecule has 1 aromatic carbocycles. The summed E-state index contributed by atoms with van der Waals surface area (Å²) in [5.41, 5.74) is 0.321. The minimum atomic E-state index is -5.11. The van der Waals surface area contributed by atoms with Crippen LogP contribution in [0.25, 0.3) is 0 Å². The normalized spacial score (nSPS) is 13.5. The summed E-state index contributed by atoms with van der Waals surface area (Å²) in [6.07, 6.45) is -3.61. The summed E-state index contributed by atoms with van der Waals surface area (Å²) in [7, 11) is 0. The fourth-order valence-electron chi connectivity index (χ4n) is 1.68. The molecule has 1 nitrogen and oxygen atoms in total. The van der Waals surface area contributed by atoms with E-state index in [4.69, 9.17) is 0 Å². The fraction of sp³-hybridized carbons (Fsp3) is 0.500. The highest BCUT2D eigenvalue weighted by molar-refractivity contribution is 5.33. The molecule has 0 spiro atoms. The van der Waals surface area contributed by atoms with E-state index < -0.39 is 23.7 Å². The average molecular weight is 268 g/mol. The minimum Gasteiger partial charge on any atom is -0.399 e. The molecule has 6 heteroatoms. The Labute approximate surface area is 102 Å². The van der Waals surface area contributed by atoms with Crippen molar-refractivity contribution in [2.24, 2.45) is 0 Å². The smallest absolute Gasteiger partial charge is 0.399 e. The second-order valence-electron chi connectivity index (χ2n) is 4.05. The van der Waals surface area contributed by atoms with Gasteiger partial charge in [0.1, 0.15) is 0 Å². The second kappa shape index (κ2) is 5.54. The largest absolute Gasteiger partial charge is 0.573 e. The van der Waals surface area contributed by atoms with E-state index in [0.717, 1.165) is 18.6 Å². The lowest BCUT2D eigenvalue weighted by atomic mass is 9.96. The predicted molar refractivity (Wildman–Crippen MR) is 56.4 cm³/mol. The third kappa shape index (κ3) is 3.85. The molecule has 0 amide bonds. The second-order valence-corrected chi connectivity index (χ2v) is 4.05. The fourth-order valence-corrected chi connectivity index (χ4v) is 1.68. The lowest BCUT2D eigenvalue weighted by Gasteiger charge is -2.14. The first-order valence-corrected chi connectivity index (χ1v) is 5.49. The molecule has 1 rings (SSSR count). The highest BCUT2D eigenvalue weighted by atomic mass is 19.4. The first-order valence-electron chi connectivity index (χ1n) is 5.49. The third-order valence-corrected chi connectivity index (χ3v) is 2.53. The molecule has 18 heavy (non-hydrogen) atoms. The molecular weight excluding hydrogens is 255 g/mol. The summed E-state index contributed by atoms with van der Waals surface area (Å²) in [4.78, 5) is 0. The molecule has 0 N–H and O–H groups in total. The number of alkyl halides is 3. The molecule has 0 aliphatic rings. The standard InChI is InChI=1S/C12H13F5O/c1-3-4-7(2)8-5-9(13)11(10(14)6-8)18-12(15,16)17/h5-7H,3-4H2,1-2H3. The summed E-state index contributed by atoms with van der Waals surface area (Å²) < 4.78 is 65.8. The van der Waals surface area contributed by atoms with Gasteiger partial charge in [0.25, 0.3) is 0 Å². The van der Waals surface area contributed by atoms with Gasteiger partial charge in [0.15, 0.2) is 11.6 Å². The van der Waals surface area contributed by atoms with Crippen molar-refractivity contribution in [3.05, 3.63) is 29.3 Å². The van der Waals surface area contributed by atoms with E-state index in [1.165, 1.54) is 0 Å². The molecule has 0 aromatic heterocycles. The number of halogens is 5. The van der Waals surface area contributed by atoms with Crippen molar-refractivity contribution in [1.29, 1.82) is 0 Å². The number of hydrogen-bond donors (Lipinski definition) is 0. The van der Waals surface area contributed by atoms with Gasteiger partial charge in [-0.1, -0.05) is 20.3 Å². The molecule has 0 bridgehead atoms. The van der Waals surface area contributed by atoms with Crippen LogP contribution >= 0.6 is 0 Å². The molecular formula is C12H13F5O. The van der Waals surface area contributed by atoms with E-state index in [9.17, 15) is 22.0 Å².